The van der Waals surface area contributed by atoms with E-state index in [4.69, 9.17) is 16.3 Å². The lowest BCUT2D eigenvalue weighted by Crippen LogP contribution is -2.16. The van der Waals surface area contributed by atoms with Gasteiger partial charge >= 0.3 is 5.97 Å². The van der Waals surface area contributed by atoms with Gasteiger partial charge in [0.1, 0.15) is 11.4 Å². The highest BCUT2D eigenvalue weighted by molar-refractivity contribution is 9.10. The zero-order chi connectivity index (χ0) is 27.4. The molecule has 198 valence electrons. The standard InChI is InChI=1S/C31H32BrClN2O3/c1-20-7-5-8-25(13-20)35(18-24-10-9-21(2)28(32)16-24)26-17-29(31(36)37)34(19-26)11-6-12-38-27-14-22(3)30(33)23(4)15-27/h5,7-10,13-17,19H,6,11-12,18H2,1-4H3,(H,36,37). The molecule has 0 amide bonds. The van der Waals surface area contributed by atoms with Crippen molar-refractivity contribution in [3.63, 3.8) is 0 Å². The van der Waals surface area contributed by atoms with Gasteiger partial charge in [-0.2, -0.15) is 0 Å². The minimum Gasteiger partial charge on any atom is -0.494 e. The summed E-state index contributed by atoms with van der Waals surface area (Å²) in [4.78, 5) is 14.3. The quantitative estimate of drug-likeness (QED) is 0.186. The van der Waals surface area contributed by atoms with Crippen LogP contribution in [0.5, 0.6) is 5.75 Å². The highest BCUT2D eigenvalue weighted by atomic mass is 79.9. The second kappa shape index (κ2) is 12.1. The van der Waals surface area contributed by atoms with E-state index in [0.29, 0.717) is 26.1 Å². The molecule has 0 atom stereocenters. The van der Waals surface area contributed by atoms with Crippen molar-refractivity contribution in [3.8, 4) is 5.75 Å². The molecular weight excluding hydrogens is 564 g/mol. The van der Waals surface area contributed by atoms with E-state index in [1.807, 2.05) is 38.2 Å². The Hall–Kier alpha value is -3.22. The summed E-state index contributed by atoms with van der Waals surface area (Å²) in [5.41, 5.74) is 7.46. The Morgan fingerprint density at radius 1 is 0.974 bits per heavy atom. The number of aromatic carboxylic acids is 1. The fourth-order valence-electron chi connectivity index (χ4n) is 4.47. The highest BCUT2D eigenvalue weighted by Crippen LogP contribution is 2.31. The van der Waals surface area contributed by atoms with Gasteiger partial charge in [0.25, 0.3) is 0 Å². The maximum atomic E-state index is 12.2. The van der Waals surface area contributed by atoms with E-state index in [2.05, 4.69) is 71.1 Å². The molecule has 4 aromatic rings. The van der Waals surface area contributed by atoms with Crippen LogP contribution in [-0.4, -0.2) is 22.2 Å². The molecule has 7 heteroatoms. The number of carbonyl (C=O) groups is 1. The van der Waals surface area contributed by atoms with Crippen molar-refractivity contribution in [2.45, 2.75) is 47.2 Å². The molecule has 4 rings (SSSR count). The lowest BCUT2D eigenvalue weighted by molar-refractivity contribution is 0.0684. The molecule has 0 saturated carbocycles. The normalized spacial score (nSPS) is 11.0. The van der Waals surface area contributed by atoms with Gasteiger partial charge < -0.3 is 19.3 Å². The van der Waals surface area contributed by atoms with E-state index in [1.165, 1.54) is 5.56 Å². The number of anilines is 2. The van der Waals surface area contributed by atoms with E-state index in [1.54, 1.807) is 10.6 Å². The Bertz CT molecular complexity index is 1440. The number of carboxylic acid groups (broad SMARTS) is 1. The Balaban J connectivity index is 1.57. The Morgan fingerprint density at radius 3 is 2.37 bits per heavy atom. The second-order valence-corrected chi connectivity index (χ2v) is 10.9. The van der Waals surface area contributed by atoms with Crippen molar-refractivity contribution in [1.82, 2.24) is 4.57 Å². The molecule has 0 bridgehead atoms. The third-order valence-corrected chi connectivity index (χ3v) is 7.98. The summed E-state index contributed by atoms with van der Waals surface area (Å²) < 4.78 is 8.80. The molecule has 0 spiro atoms. The van der Waals surface area contributed by atoms with Crippen molar-refractivity contribution in [3.05, 3.63) is 110 Å². The molecular formula is C31H32BrClN2O3. The van der Waals surface area contributed by atoms with Gasteiger partial charge in [-0.15, -0.1) is 0 Å². The molecule has 0 unspecified atom stereocenters. The van der Waals surface area contributed by atoms with E-state index < -0.39 is 5.97 Å². The van der Waals surface area contributed by atoms with E-state index in [0.717, 1.165) is 48.9 Å². The Kier molecular flexibility index (Phi) is 8.85. The summed E-state index contributed by atoms with van der Waals surface area (Å²) >= 11 is 9.90. The molecule has 0 saturated heterocycles. The first-order chi connectivity index (χ1) is 18.1. The van der Waals surface area contributed by atoms with Crippen molar-refractivity contribution in [2.24, 2.45) is 0 Å². The molecule has 38 heavy (non-hydrogen) atoms. The average Bonchev–Trinajstić information content (AvgIpc) is 3.30. The molecule has 0 radical (unpaired) electrons. The minimum absolute atomic E-state index is 0.251. The maximum absolute atomic E-state index is 12.2. The number of halogens is 2. The number of nitrogens with zero attached hydrogens (tertiary/aromatic N) is 2. The molecule has 1 aromatic heterocycles. The summed E-state index contributed by atoms with van der Waals surface area (Å²) in [6.45, 7) is 9.61. The number of carboxylic acids is 1. The Morgan fingerprint density at radius 2 is 1.71 bits per heavy atom. The molecule has 1 N–H and O–H groups in total. The largest absolute Gasteiger partial charge is 0.494 e. The van der Waals surface area contributed by atoms with Gasteiger partial charge in [0.15, 0.2) is 0 Å². The van der Waals surface area contributed by atoms with Crippen LogP contribution in [0.25, 0.3) is 0 Å². The van der Waals surface area contributed by atoms with Crippen molar-refractivity contribution in [1.29, 1.82) is 0 Å². The summed E-state index contributed by atoms with van der Waals surface area (Å²) in [6.07, 6.45) is 2.58. The number of hydrogen-bond acceptors (Lipinski definition) is 3. The van der Waals surface area contributed by atoms with Gasteiger partial charge in [-0.3, -0.25) is 0 Å². The molecule has 0 aliphatic rings. The summed E-state index contributed by atoms with van der Waals surface area (Å²) in [6, 6.07) is 20.2. The SMILES string of the molecule is Cc1cccc(N(Cc2ccc(C)c(Br)c2)c2cc(C(=O)O)n(CCCOc3cc(C)c(Cl)c(C)c3)c2)c1. The predicted octanol–water partition coefficient (Wildman–Crippen LogP) is 8.64. The zero-order valence-corrected chi connectivity index (χ0v) is 24.4. The van der Waals surface area contributed by atoms with Crippen LogP contribution in [0.4, 0.5) is 11.4 Å². The molecule has 5 nitrogen and oxygen atoms in total. The van der Waals surface area contributed by atoms with Gasteiger partial charge in [-0.05, 0) is 98.3 Å². The first kappa shape index (κ1) is 27.8. The number of aromatic nitrogens is 1. The molecule has 0 fully saturated rings. The van der Waals surface area contributed by atoms with E-state index >= 15 is 0 Å². The number of hydrogen-bond donors (Lipinski definition) is 1. The van der Waals surface area contributed by atoms with E-state index in [-0.39, 0.29) is 5.69 Å². The summed E-state index contributed by atoms with van der Waals surface area (Å²) in [5.74, 6) is -0.186. The van der Waals surface area contributed by atoms with Crippen LogP contribution in [0, 0.1) is 27.7 Å². The average molecular weight is 596 g/mol. The van der Waals surface area contributed by atoms with Gasteiger partial charge in [-0.1, -0.05) is 51.8 Å². The summed E-state index contributed by atoms with van der Waals surface area (Å²) in [7, 11) is 0. The molecule has 1 heterocycles. The lowest BCUT2D eigenvalue weighted by atomic mass is 10.1. The monoisotopic (exact) mass is 594 g/mol. The lowest BCUT2D eigenvalue weighted by Gasteiger charge is -2.24. The van der Waals surface area contributed by atoms with Gasteiger partial charge in [0.05, 0.1) is 12.3 Å². The molecule has 3 aromatic carbocycles. The maximum Gasteiger partial charge on any atom is 0.352 e. The van der Waals surface area contributed by atoms with Gasteiger partial charge in [-0.25, -0.2) is 4.79 Å². The highest BCUT2D eigenvalue weighted by Gasteiger charge is 2.19. The zero-order valence-electron chi connectivity index (χ0n) is 22.1. The van der Waals surface area contributed by atoms with Crippen LogP contribution in [0.2, 0.25) is 5.02 Å². The first-order valence-electron chi connectivity index (χ1n) is 12.5. The second-order valence-electron chi connectivity index (χ2n) is 9.66. The van der Waals surface area contributed by atoms with Crippen molar-refractivity contribution < 1.29 is 14.6 Å². The van der Waals surface area contributed by atoms with Crippen LogP contribution >= 0.6 is 27.5 Å². The summed E-state index contributed by atoms with van der Waals surface area (Å²) in [5, 5.41) is 10.7. The molecule has 0 aliphatic heterocycles. The third-order valence-electron chi connectivity index (χ3n) is 6.53. The topological polar surface area (TPSA) is 54.7 Å². The van der Waals surface area contributed by atoms with Crippen molar-refractivity contribution >= 4 is 44.9 Å². The van der Waals surface area contributed by atoms with Gasteiger partial charge in [0, 0.05) is 34.5 Å². The number of benzene rings is 3. The van der Waals surface area contributed by atoms with Crippen LogP contribution in [-0.2, 0) is 13.1 Å². The van der Waals surface area contributed by atoms with Crippen molar-refractivity contribution in [2.75, 3.05) is 11.5 Å². The minimum atomic E-state index is -0.955. The number of rotatable bonds is 10. The van der Waals surface area contributed by atoms with Crippen LogP contribution < -0.4 is 9.64 Å². The van der Waals surface area contributed by atoms with Gasteiger partial charge in [0.2, 0.25) is 0 Å². The van der Waals surface area contributed by atoms with Crippen LogP contribution in [0.3, 0.4) is 0 Å². The number of aryl methyl sites for hydroxylation is 5. The Labute approximate surface area is 237 Å². The molecule has 0 aliphatic carbocycles. The third kappa shape index (κ3) is 6.61. The fourth-order valence-corrected chi connectivity index (χ4v) is 5.00. The predicted molar refractivity (Wildman–Crippen MR) is 158 cm³/mol. The smallest absolute Gasteiger partial charge is 0.352 e. The number of ether oxygens (including phenoxy) is 1. The van der Waals surface area contributed by atoms with Crippen LogP contribution in [0.1, 0.15) is 44.7 Å². The fraction of sp³-hybridized carbons (Fsp3) is 0.258. The van der Waals surface area contributed by atoms with Crippen LogP contribution in [0.15, 0.2) is 71.3 Å². The first-order valence-corrected chi connectivity index (χ1v) is 13.7. The van der Waals surface area contributed by atoms with E-state index in [9.17, 15) is 9.90 Å².